The van der Waals surface area contributed by atoms with Gasteiger partial charge in [-0.2, -0.15) is 0 Å². The molecule has 2 aromatic carbocycles. The quantitative estimate of drug-likeness (QED) is 0.712. The maximum absolute atomic E-state index is 6.13. The zero-order valence-electron chi connectivity index (χ0n) is 14.7. The third-order valence-electron chi connectivity index (χ3n) is 4.41. The smallest absolute Gasteiger partial charge is 0.142 e. The van der Waals surface area contributed by atoms with Crippen molar-refractivity contribution in [1.82, 2.24) is 9.97 Å². The Morgan fingerprint density at radius 1 is 1.12 bits per heavy atom. The van der Waals surface area contributed by atoms with Crippen molar-refractivity contribution >= 4 is 34.6 Å². The van der Waals surface area contributed by atoms with E-state index in [9.17, 15) is 0 Å². The molecule has 1 aliphatic rings. The van der Waals surface area contributed by atoms with Gasteiger partial charge in [0.1, 0.15) is 23.2 Å². The van der Waals surface area contributed by atoms with E-state index in [1.54, 1.807) is 13.2 Å². The fourth-order valence-electron chi connectivity index (χ4n) is 3.25. The highest BCUT2D eigenvalue weighted by Crippen LogP contribution is 2.35. The first-order chi connectivity index (χ1) is 12.6. The predicted octanol–water partition coefficient (Wildman–Crippen LogP) is 4.88. The monoisotopic (exact) mass is 366 g/mol. The molecule has 0 aliphatic carbocycles. The van der Waals surface area contributed by atoms with Crippen LogP contribution < -0.4 is 15.0 Å². The van der Waals surface area contributed by atoms with E-state index in [-0.39, 0.29) is 0 Å². The second kappa shape index (κ2) is 6.84. The molecule has 0 atom stereocenters. The van der Waals surface area contributed by atoms with E-state index in [1.165, 1.54) is 11.3 Å². The summed E-state index contributed by atoms with van der Waals surface area (Å²) in [6.07, 6.45) is 1.02. The zero-order chi connectivity index (χ0) is 18.1. The van der Waals surface area contributed by atoms with Crippen LogP contribution in [0.5, 0.6) is 5.75 Å². The summed E-state index contributed by atoms with van der Waals surface area (Å²) in [7, 11) is 1.63. The largest absolute Gasteiger partial charge is 0.495 e. The second-order valence-electron chi connectivity index (χ2n) is 6.16. The summed E-state index contributed by atoms with van der Waals surface area (Å²) >= 11 is 6.13. The van der Waals surface area contributed by atoms with Gasteiger partial charge in [-0.15, -0.1) is 0 Å². The number of fused-ring (bicyclic) bond motifs is 1. The van der Waals surface area contributed by atoms with Crippen LogP contribution in [0.3, 0.4) is 0 Å². The summed E-state index contributed by atoms with van der Waals surface area (Å²) in [5, 5.41) is 3.94. The van der Waals surface area contributed by atoms with Gasteiger partial charge in [0.05, 0.1) is 12.8 Å². The number of aromatic nitrogens is 2. The third-order valence-corrected chi connectivity index (χ3v) is 4.65. The van der Waals surface area contributed by atoms with Crippen LogP contribution >= 0.6 is 11.6 Å². The van der Waals surface area contributed by atoms with Gasteiger partial charge in [0.15, 0.2) is 0 Å². The minimum Gasteiger partial charge on any atom is -0.495 e. The Labute approximate surface area is 157 Å². The van der Waals surface area contributed by atoms with E-state index in [4.69, 9.17) is 16.3 Å². The Balaban J connectivity index is 1.69. The Bertz CT molecular complexity index is 960. The lowest BCUT2D eigenvalue weighted by molar-refractivity contribution is 0.417. The molecule has 5 nitrogen and oxygen atoms in total. The van der Waals surface area contributed by atoms with Crippen LogP contribution in [0, 0.1) is 6.92 Å². The molecule has 0 spiro atoms. The Kier molecular flexibility index (Phi) is 4.39. The number of hydrogen-bond donors (Lipinski definition) is 1. The standard InChI is InChI=1S/C20H19ClN4O/c1-13-22-19(24-16-11-15(21)7-8-18(16)26-2)12-20(23-13)25-10-9-14-5-3-4-6-17(14)25/h3-8,11-12H,9-10H2,1-2H3,(H,22,23,24). The average molecular weight is 367 g/mol. The van der Waals surface area contributed by atoms with Crippen molar-refractivity contribution in [3.8, 4) is 5.75 Å². The molecule has 1 N–H and O–H groups in total. The van der Waals surface area contributed by atoms with Gasteiger partial charge in [-0.05, 0) is 43.2 Å². The normalized spacial score (nSPS) is 12.8. The summed E-state index contributed by atoms with van der Waals surface area (Å²) in [6.45, 7) is 2.81. The van der Waals surface area contributed by atoms with E-state index >= 15 is 0 Å². The fraction of sp³-hybridized carbons (Fsp3) is 0.200. The van der Waals surface area contributed by atoms with E-state index in [0.29, 0.717) is 22.4 Å². The lowest BCUT2D eigenvalue weighted by atomic mass is 10.2. The topological polar surface area (TPSA) is 50.3 Å². The number of nitrogens with zero attached hydrogens (tertiary/aromatic N) is 3. The Morgan fingerprint density at radius 2 is 1.96 bits per heavy atom. The molecule has 26 heavy (non-hydrogen) atoms. The molecule has 0 bridgehead atoms. The average Bonchev–Trinajstić information content (AvgIpc) is 3.05. The first kappa shape index (κ1) is 16.7. The molecule has 132 valence electrons. The van der Waals surface area contributed by atoms with Gasteiger partial charge in [0, 0.05) is 23.3 Å². The molecular formula is C20H19ClN4O. The zero-order valence-corrected chi connectivity index (χ0v) is 15.4. The van der Waals surface area contributed by atoms with Crippen molar-refractivity contribution in [2.45, 2.75) is 13.3 Å². The lowest BCUT2D eigenvalue weighted by Gasteiger charge is -2.20. The number of hydrogen-bond acceptors (Lipinski definition) is 5. The van der Waals surface area contributed by atoms with Gasteiger partial charge in [0.2, 0.25) is 0 Å². The summed E-state index contributed by atoms with van der Waals surface area (Å²) in [5.74, 6) is 3.00. The molecule has 2 heterocycles. The molecule has 1 aromatic heterocycles. The molecule has 4 rings (SSSR count). The summed E-state index contributed by atoms with van der Waals surface area (Å²) in [5.41, 5.74) is 3.32. The number of methoxy groups -OCH3 is 1. The number of aryl methyl sites for hydroxylation is 1. The highest BCUT2D eigenvalue weighted by molar-refractivity contribution is 6.31. The third kappa shape index (κ3) is 3.18. The van der Waals surface area contributed by atoms with Crippen LogP contribution in [0.15, 0.2) is 48.5 Å². The van der Waals surface area contributed by atoms with Crippen molar-refractivity contribution in [3.63, 3.8) is 0 Å². The number of benzene rings is 2. The van der Waals surface area contributed by atoms with Crippen molar-refractivity contribution in [2.24, 2.45) is 0 Å². The van der Waals surface area contributed by atoms with Crippen LogP contribution in [0.25, 0.3) is 0 Å². The summed E-state index contributed by atoms with van der Waals surface area (Å²) < 4.78 is 5.40. The summed E-state index contributed by atoms with van der Waals surface area (Å²) in [4.78, 5) is 11.4. The van der Waals surface area contributed by atoms with Gasteiger partial charge in [-0.3, -0.25) is 0 Å². The van der Waals surface area contributed by atoms with Crippen molar-refractivity contribution in [1.29, 1.82) is 0 Å². The maximum Gasteiger partial charge on any atom is 0.142 e. The van der Waals surface area contributed by atoms with Crippen molar-refractivity contribution in [3.05, 3.63) is 64.9 Å². The van der Waals surface area contributed by atoms with E-state index in [2.05, 4.69) is 44.5 Å². The van der Waals surface area contributed by atoms with Gasteiger partial charge < -0.3 is 15.0 Å². The molecule has 0 fully saturated rings. The number of anilines is 4. The van der Waals surface area contributed by atoms with E-state index in [1.807, 2.05) is 25.1 Å². The Morgan fingerprint density at radius 3 is 2.81 bits per heavy atom. The second-order valence-corrected chi connectivity index (χ2v) is 6.59. The van der Waals surface area contributed by atoms with Gasteiger partial charge in [-0.25, -0.2) is 9.97 Å². The van der Waals surface area contributed by atoms with Gasteiger partial charge in [-0.1, -0.05) is 29.8 Å². The van der Waals surface area contributed by atoms with Crippen molar-refractivity contribution in [2.75, 3.05) is 23.9 Å². The van der Waals surface area contributed by atoms with E-state index in [0.717, 1.165) is 24.5 Å². The van der Waals surface area contributed by atoms with Crippen LogP contribution in [0.2, 0.25) is 5.02 Å². The van der Waals surface area contributed by atoms with Gasteiger partial charge >= 0.3 is 0 Å². The minimum atomic E-state index is 0.632. The first-order valence-corrected chi connectivity index (χ1v) is 8.83. The molecule has 0 amide bonds. The van der Waals surface area contributed by atoms with Crippen LogP contribution in [-0.4, -0.2) is 23.6 Å². The SMILES string of the molecule is COc1ccc(Cl)cc1Nc1cc(N2CCc3ccccc32)nc(C)n1. The molecule has 6 heteroatoms. The van der Waals surface area contributed by atoms with E-state index < -0.39 is 0 Å². The number of nitrogens with one attached hydrogen (secondary N) is 1. The summed E-state index contributed by atoms with van der Waals surface area (Å²) in [6, 6.07) is 15.8. The molecule has 0 unspecified atom stereocenters. The number of halogens is 1. The molecular weight excluding hydrogens is 348 g/mol. The van der Waals surface area contributed by atoms with Crippen LogP contribution in [0.4, 0.5) is 23.0 Å². The molecule has 0 saturated carbocycles. The highest BCUT2D eigenvalue weighted by Gasteiger charge is 2.21. The highest BCUT2D eigenvalue weighted by atomic mass is 35.5. The fourth-order valence-corrected chi connectivity index (χ4v) is 3.42. The Hall–Kier alpha value is -2.79. The molecule has 3 aromatic rings. The minimum absolute atomic E-state index is 0.632. The lowest BCUT2D eigenvalue weighted by Crippen LogP contribution is -2.16. The first-order valence-electron chi connectivity index (χ1n) is 8.46. The maximum atomic E-state index is 6.13. The number of rotatable bonds is 4. The molecule has 0 saturated heterocycles. The predicted molar refractivity (Wildman–Crippen MR) is 105 cm³/mol. The van der Waals surface area contributed by atoms with Crippen LogP contribution in [-0.2, 0) is 6.42 Å². The van der Waals surface area contributed by atoms with Gasteiger partial charge in [0.25, 0.3) is 0 Å². The number of ether oxygens (including phenoxy) is 1. The van der Waals surface area contributed by atoms with Crippen molar-refractivity contribution < 1.29 is 4.74 Å². The molecule has 1 aliphatic heterocycles. The number of para-hydroxylation sites is 1. The van der Waals surface area contributed by atoms with Crippen LogP contribution in [0.1, 0.15) is 11.4 Å². The molecule has 0 radical (unpaired) electrons.